The smallest absolute Gasteiger partial charge is 0.287 e. The highest BCUT2D eigenvalue weighted by atomic mass is 32.2. The van der Waals surface area contributed by atoms with Gasteiger partial charge in [0.05, 0.1) is 16.3 Å². The van der Waals surface area contributed by atoms with Crippen LogP contribution in [0.25, 0.3) is 22.5 Å². The number of aromatic nitrogens is 3. The van der Waals surface area contributed by atoms with Crippen LogP contribution in [-0.2, 0) is 0 Å². The van der Waals surface area contributed by atoms with E-state index in [4.69, 9.17) is 4.98 Å². The third-order valence-corrected chi connectivity index (χ3v) is 4.76. The van der Waals surface area contributed by atoms with E-state index in [2.05, 4.69) is 9.97 Å². The lowest BCUT2D eigenvalue weighted by molar-refractivity contribution is -0.385. The summed E-state index contributed by atoms with van der Waals surface area (Å²) in [5.74, 6) is 0. The van der Waals surface area contributed by atoms with Crippen molar-refractivity contribution in [3.8, 4) is 22.5 Å². The van der Waals surface area contributed by atoms with E-state index in [0.29, 0.717) is 10.2 Å². The molecule has 0 fully saturated rings. The summed E-state index contributed by atoms with van der Waals surface area (Å²) in [7, 11) is 0. The molecule has 0 atom stereocenters. The van der Waals surface area contributed by atoms with E-state index in [-0.39, 0.29) is 5.69 Å². The lowest BCUT2D eigenvalue weighted by atomic mass is 10.1. The Kier molecular flexibility index (Phi) is 4.67. The molecule has 0 radical (unpaired) electrons. The quantitative estimate of drug-likeness (QED) is 0.383. The summed E-state index contributed by atoms with van der Waals surface area (Å²) in [6.45, 7) is 0. The van der Waals surface area contributed by atoms with Crippen LogP contribution < -0.4 is 0 Å². The number of hydrogen-bond donors (Lipinski definition) is 1. The van der Waals surface area contributed by atoms with Gasteiger partial charge in [0, 0.05) is 17.2 Å². The van der Waals surface area contributed by atoms with E-state index in [0.717, 1.165) is 22.5 Å². The number of H-pyrrole nitrogens is 1. The number of hydrogen-bond acceptors (Lipinski definition) is 5. The van der Waals surface area contributed by atoms with Crippen LogP contribution in [-0.4, -0.2) is 19.9 Å². The Balaban J connectivity index is 1.72. The molecule has 0 aliphatic heterocycles. The molecular weight excluding hydrogens is 360 g/mol. The van der Waals surface area contributed by atoms with Crippen molar-refractivity contribution in [2.24, 2.45) is 0 Å². The van der Waals surface area contributed by atoms with Gasteiger partial charge in [0.15, 0.2) is 5.16 Å². The van der Waals surface area contributed by atoms with Crippen LogP contribution >= 0.6 is 11.8 Å². The Hall–Kier alpha value is -3.45. The predicted molar refractivity (Wildman–Crippen MR) is 104 cm³/mol. The maximum atomic E-state index is 10.8. The van der Waals surface area contributed by atoms with E-state index in [1.807, 2.05) is 60.7 Å². The zero-order chi connectivity index (χ0) is 18.6. The fourth-order valence-electron chi connectivity index (χ4n) is 2.66. The summed E-state index contributed by atoms with van der Waals surface area (Å²) in [5, 5.41) is 12.1. The number of nitrogens with one attached hydrogen (secondary N) is 1. The molecule has 0 saturated carbocycles. The Bertz CT molecular complexity index is 1010. The number of aromatic amines is 1. The van der Waals surface area contributed by atoms with Gasteiger partial charge >= 0.3 is 0 Å². The lowest BCUT2D eigenvalue weighted by Crippen LogP contribution is -1.89. The Morgan fingerprint density at radius 2 is 1.56 bits per heavy atom. The molecule has 0 spiro atoms. The standard InChI is InChI=1S/C20H14N4O2S/c25-24(26)16-11-12-17(21-13-16)27-20-22-18(14-7-3-1-4-8-14)19(23-20)15-9-5-2-6-10-15/h1-13H,(H,22,23). The topological polar surface area (TPSA) is 84.7 Å². The average molecular weight is 374 g/mol. The molecule has 132 valence electrons. The molecule has 6 nitrogen and oxygen atoms in total. The van der Waals surface area contributed by atoms with Gasteiger partial charge in [-0.2, -0.15) is 0 Å². The highest BCUT2D eigenvalue weighted by molar-refractivity contribution is 7.99. The van der Waals surface area contributed by atoms with Gasteiger partial charge in [-0.05, 0) is 17.8 Å². The number of nitrogens with zero attached hydrogens (tertiary/aromatic N) is 3. The molecule has 2 heterocycles. The molecule has 0 saturated heterocycles. The second-order valence-electron chi connectivity index (χ2n) is 5.71. The van der Waals surface area contributed by atoms with Gasteiger partial charge in [-0.15, -0.1) is 0 Å². The van der Waals surface area contributed by atoms with Gasteiger partial charge in [0.1, 0.15) is 11.2 Å². The molecule has 4 rings (SSSR count). The van der Waals surface area contributed by atoms with Crippen LogP contribution in [0.3, 0.4) is 0 Å². The summed E-state index contributed by atoms with van der Waals surface area (Å²) in [6.07, 6.45) is 1.25. The Labute approximate surface area is 159 Å². The molecule has 0 aliphatic rings. The van der Waals surface area contributed by atoms with E-state index in [9.17, 15) is 10.1 Å². The summed E-state index contributed by atoms with van der Waals surface area (Å²) in [5.41, 5.74) is 3.79. The third kappa shape index (κ3) is 3.73. The molecule has 1 N–H and O–H groups in total. The van der Waals surface area contributed by atoms with Crippen molar-refractivity contribution in [1.29, 1.82) is 0 Å². The normalized spacial score (nSPS) is 10.7. The minimum Gasteiger partial charge on any atom is -0.332 e. The fourth-order valence-corrected chi connectivity index (χ4v) is 3.39. The predicted octanol–water partition coefficient (Wildman–Crippen LogP) is 5.20. The first kappa shape index (κ1) is 17.0. The molecule has 0 bridgehead atoms. The number of benzene rings is 2. The number of nitro groups is 1. The first-order valence-corrected chi connectivity index (χ1v) is 9.01. The van der Waals surface area contributed by atoms with E-state index in [1.165, 1.54) is 24.0 Å². The van der Waals surface area contributed by atoms with Crippen LogP contribution in [0.2, 0.25) is 0 Å². The third-order valence-electron chi connectivity index (χ3n) is 3.92. The average Bonchev–Trinajstić information content (AvgIpc) is 3.13. The molecule has 4 aromatic rings. The second kappa shape index (κ2) is 7.43. The molecule has 2 aromatic heterocycles. The van der Waals surface area contributed by atoms with Crippen LogP contribution in [0.4, 0.5) is 5.69 Å². The molecular formula is C20H14N4O2S. The van der Waals surface area contributed by atoms with E-state index < -0.39 is 4.92 Å². The van der Waals surface area contributed by atoms with Crippen molar-refractivity contribution in [3.05, 3.63) is 89.1 Å². The number of imidazole rings is 1. The zero-order valence-corrected chi connectivity index (χ0v) is 14.9. The summed E-state index contributed by atoms with van der Waals surface area (Å²) >= 11 is 1.33. The minimum absolute atomic E-state index is 0.0336. The first-order valence-electron chi connectivity index (χ1n) is 8.20. The first-order chi connectivity index (χ1) is 13.2. The van der Waals surface area contributed by atoms with Crippen molar-refractivity contribution >= 4 is 17.4 Å². The van der Waals surface area contributed by atoms with Gasteiger partial charge in [0.25, 0.3) is 5.69 Å². The van der Waals surface area contributed by atoms with Crippen LogP contribution in [0.1, 0.15) is 0 Å². The number of rotatable bonds is 5. The SMILES string of the molecule is O=[N+]([O-])c1ccc(Sc2nc(-c3ccccc3)c(-c3ccccc3)[nH]2)nc1. The maximum absolute atomic E-state index is 10.8. The largest absolute Gasteiger partial charge is 0.332 e. The van der Waals surface area contributed by atoms with Crippen molar-refractivity contribution in [2.75, 3.05) is 0 Å². The number of pyridine rings is 1. The van der Waals surface area contributed by atoms with Gasteiger partial charge in [-0.25, -0.2) is 9.97 Å². The van der Waals surface area contributed by atoms with Crippen molar-refractivity contribution in [3.63, 3.8) is 0 Å². The summed E-state index contributed by atoms with van der Waals surface area (Å²) in [6, 6.07) is 23.0. The minimum atomic E-state index is -0.463. The lowest BCUT2D eigenvalue weighted by Gasteiger charge is -2.02. The molecule has 0 unspecified atom stereocenters. The molecule has 7 heteroatoms. The van der Waals surface area contributed by atoms with Gasteiger partial charge in [-0.3, -0.25) is 10.1 Å². The Morgan fingerprint density at radius 1 is 0.889 bits per heavy atom. The fraction of sp³-hybridized carbons (Fsp3) is 0. The van der Waals surface area contributed by atoms with Gasteiger partial charge in [0.2, 0.25) is 0 Å². The van der Waals surface area contributed by atoms with Crippen LogP contribution in [0.5, 0.6) is 0 Å². The van der Waals surface area contributed by atoms with Crippen molar-refractivity contribution < 1.29 is 4.92 Å². The molecule has 2 aromatic carbocycles. The van der Waals surface area contributed by atoms with Crippen LogP contribution in [0, 0.1) is 10.1 Å². The van der Waals surface area contributed by atoms with E-state index in [1.54, 1.807) is 6.07 Å². The van der Waals surface area contributed by atoms with E-state index >= 15 is 0 Å². The summed E-state index contributed by atoms with van der Waals surface area (Å²) < 4.78 is 0. The molecule has 27 heavy (non-hydrogen) atoms. The molecule has 0 amide bonds. The van der Waals surface area contributed by atoms with Crippen molar-refractivity contribution in [2.45, 2.75) is 10.2 Å². The monoisotopic (exact) mass is 374 g/mol. The molecule has 0 aliphatic carbocycles. The van der Waals surface area contributed by atoms with Crippen LogP contribution in [0.15, 0.2) is 89.2 Å². The van der Waals surface area contributed by atoms with Crippen molar-refractivity contribution in [1.82, 2.24) is 15.0 Å². The highest BCUT2D eigenvalue weighted by Crippen LogP contribution is 2.34. The Morgan fingerprint density at radius 3 is 2.15 bits per heavy atom. The zero-order valence-electron chi connectivity index (χ0n) is 14.1. The second-order valence-corrected chi connectivity index (χ2v) is 6.72. The maximum Gasteiger partial charge on any atom is 0.287 e. The van der Waals surface area contributed by atoms with Gasteiger partial charge in [-0.1, -0.05) is 60.7 Å². The summed E-state index contributed by atoms with van der Waals surface area (Å²) in [4.78, 5) is 22.6. The van der Waals surface area contributed by atoms with Gasteiger partial charge < -0.3 is 4.98 Å². The highest BCUT2D eigenvalue weighted by Gasteiger charge is 2.15.